The van der Waals surface area contributed by atoms with Crippen LogP contribution in [0.15, 0.2) is 147 Å². The van der Waals surface area contributed by atoms with E-state index in [0.717, 1.165) is 11.6 Å². The van der Waals surface area contributed by atoms with Crippen molar-refractivity contribution in [2.75, 3.05) is 26.6 Å². The van der Waals surface area contributed by atoms with E-state index in [1.54, 1.807) is 87.5 Å². The van der Waals surface area contributed by atoms with Gasteiger partial charge in [-0.15, -0.1) is 0 Å². The number of carboxylic acid groups (broad SMARTS) is 1. The number of nitrogens with zero attached hydrogens (tertiary/aromatic N) is 1. The molecule has 0 saturated carbocycles. The third-order valence-corrected chi connectivity index (χ3v) is 13.3. The lowest BCUT2D eigenvalue weighted by Gasteiger charge is -2.20. The number of carboxylic acids is 1. The van der Waals surface area contributed by atoms with Crippen LogP contribution >= 0.6 is 0 Å². The Hall–Kier alpha value is -8.36. The summed E-state index contributed by atoms with van der Waals surface area (Å²) < 4.78 is 80.2. The van der Waals surface area contributed by atoms with Gasteiger partial charge in [0.05, 0.1) is 28.0 Å². The average molecular weight is 981 g/mol. The largest absolute Gasteiger partial charge is 0.478 e. The third-order valence-electron chi connectivity index (χ3n) is 11.5. The van der Waals surface area contributed by atoms with Crippen LogP contribution in [-0.2, 0) is 20.2 Å². The van der Waals surface area contributed by atoms with Crippen LogP contribution in [0.2, 0.25) is 0 Å². The van der Waals surface area contributed by atoms with E-state index < -0.39 is 48.1 Å². The van der Waals surface area contributed by atoms with Crippen molar-refractivity contribution in [2.24, 2.45) is 4.99 Å². The fourth-order valence-electron chi connectivity index (χ4n) is 8.30. The molecule has 6 aromatic rings. The van der Waals surface area contributed by atoms with Gasteiger partial charge in [0.15, 0.2) is 0 Å². The first-order chi connectivity index (χ1) is 33.2. The molecule has 6 aromatic carbocycles. The number of anilines is 6. The highest BCUT2D eigenvalue weighted by molar-refractivity contribution is 7.86. The first-order valence-corrected chi connectivity index (χ1v) is 24.2. The van der Waals surface area contributed by atoms with Gasteiger partial charge in [-0.3, -0.25) is 9.11 Å². The monoisotopic (exact) mass is 980 g/mol. The molecule has 70 heavy (non-hydrogen) atoms. The van der Waals surface area contributed by atoms with Crippen LogP contribution in [0.25, 0.3) is 33.4 Å². The van der Waals surface area contributed by atoms with Crippen molar-refractivity contribution >= 4 is 89.0 Å². The molecule has 0 atom stereocenters. The molecule has 1 heterocycles. The first-order valence-electron chi connectivity index (χ1n) is 21.3. The summed E-state index contributed by atoms with van der Waals surface area (Å²) in [6.07, 6.45) is 0. The molecule has 0 spiro atoms. The number of carbonyl (C=O) groups is 3. The van der Waals surface area contributed by atoms with Gasteiger partial charge in [0.25, 0.3) is 20.2 Å². The maximum absolute atomic E-state index is 13.3. The number of fused-ring (bicyclic) bond motifs is 2. The number of amides is 4. The minimum absolute atomic E-state index is 0.00355. The van der Waals surface area contributed by atoms with Gasteiger partial charge < -0.3 is 36.1 Å². The highest BCUT2D eigenvalue weighted by atomic mass is 32.2. The molecule has 19 heteroatoms. The number of hydrogen-bond acceptors (Lipinski definition) is 10. The molecular formula is C51H44N6O11S2. The predicted molar refractivity (Wildman–Crippen MR) is 268 cm³/mol. The summed E-state index contributed by atoms with van der Waals surface area (Å²) in [5.74, 6) is -1.25. The Bertz CT molecular complexity index is 3730. The van der Waals surface area contributed by atoms with Crippen LogP contribution in [0.4, 0.5) is 49.4 Å². The lowest BCUT2D eigenvalue weighted by molar-refractivity contribution is 0.0698. The maximum atomic E-state index is 13.3. The van der Waals surface area contributed by atoms with E-state index in [-0.39, 0.29) is 56.0 Å². The summed E-state index contributed by atoms with van der Waals surface area (Å²) in [4.78, 5) is 41.7. The topological polar surface area (TPSA) is 266 Å². The summed E-state index contributed by atoms with van der Waals surface area (Å²) in [7, 11) is -9.96. The van der Waals surface area contributed by atoms with E-state index in [9.17, 15) is 45.4 Å². The maximum Gasteiger partial charge on any atom is 0.337 e. The van der Waals surface area contributed by atoms with Crippen LogP contribution in [0, 0.1) is 34.6 Å². The Labute approximate surface area is 401 Å². The Morgan fingerprint density at radius 1 is 0.557 bits per heavy atom. The molecule has 0 radical (unpaired) electrons. The number of urea groups is 2. The van der Waals surface area contributed by atoms with Gasteiger partial charge in [0.2, 0.25) is 0 Å². The molecule has 0 fully saturated rings. The lowest BCUT2D eigenvalue weighted by Crippen LogP contribution is -2.22. The normalized spacial score (nSPS) is 11.9. The molecule has 0 aromatic heterocycles. The molecule has 8 rings (SSSR count). The summed E-state index contributed by atoms with van der Waals surface area (Å²) >= 11 is 0. The second kappa shape index (κ2) is 19.0. The zero-order chi connectivity index (χ0) is 50.2. The van der Waals surface area contributed by atoms with Crippen LogP contribution in [-0.4, -0.2) is 49.1 Å². The molecule has 4 amide bonds. The Morgan fingerprint density at radius 3 is 1.93 bits per heavy atom. The fraction of sp³-hybridized carbons (Fsp3) is 0.0980. The van der Waals surface area contributed by atoms with Crippen LogP contribution in [0.1, 0.15) is 38.2 Å². The first kappa shape index (κ1) is 48.1. The number of hydrogen-bond donors (Lipinski definition) is 8. The van der Waals surface area contributed by atoms with Crippen molar-refractivity contribution < 1.29 is 49.8 Å². The van der Waals surface area contributed by atoms with Crippen molar-refractivity contribution in [2.45, 2.75) is 44.4 Å². The lowest BCUT2D eigenvalue weighted by atomic mass is 9.93. The number of aryl methyl sites for hydroxylation is 3. The van der Waals surface area contributed by atoms with Gasteiger partial charge >= 0.3 is 18.0 Å². The van der Waals surface area contributed by atoms with E-state index in [0.29, 0.717) is 50.4 Å². The molecule has 1 aliphatic heterocycles. The second-order valence-electron chi connectivity index (χ2n) is 16.4. The summed E-state index contributed by atoms with van der Waals surface area (Å²) in [6, 6.07) is 31.9. The van der Waals surface area contributed by atoms with Gasteiger partial charge in [-0.05, 0) is 117 Å². The second-order valence-corrected chi connectivity index (χ2v) is 19.1. The fourth-order valence-corrected chi connectivity index (χ4v) is 9.63. The van der Waals surface area contributed by atoms with E-state index in [1.807, 2.05) is 26.0 Å². The molecule has 0 bridgehead atoms. The Balaban J connectivity index is 1.28. The smallest absolute Gasteiger partial charge is 0.337 e. The molecule has 0 unspecified atom stereocenters. The molecule has 2 aliphatic rings. The van der Waals surface area contributed by atoms with Gasteiger partial charge in [-0.2, -0.15) is 16.8 Å². The molecule has 8 N–H and O–H groups in total. The average Bonchev–Trinajstić information content (AvgIpc) is 3.30. The molecular weight excluding hydrogens is 937 g/mol. The SMILES string of the molecule is Cc1cc(C)c(NC(=O)Nc2ccccc2C(=O)O)c(C)c1/N=c1/cc2oc3cc(Nc4c(C)ccc(NC(=O)Nc5ccccc5)c4C)ccc3c(-c3ccccc3S(=O)(=O)O)c-2cc1S(=O)(=O)O. The van der Waals surface area contributed by atoms with Gasteiger partial charge in [0.1, 0.15) is 21.1 Å². The predicted octanol–water partition coefficient (Wildman–Crippen LogP) is 11.2. The van der Waals surface area contributed by atoms with E-state index in [1.165, 1.54) is 42.5 Å². The zero-order valence-electron chi connectivity index (χ0n) is 38.0. The van der Waals surface area contributed by atoms with Crippen molar-refractivity contribution in [3.8, 4) is 22.5 Å². The van der Waals surface area contributed by atoms with Crippen LogP contribution in [0.5, 0.6) is 0 Å². The number of benzene rings is 7. The minimum Gasteiger partial charge on any atom is -0.478 e. The number of nitrogens with one attached hydrogen (secondary N) is 5. The van der Waals surface area contributed by atoms with Crippen LogP contribution < -0.4 is 31.9 Å². The standard InChI is InChI=1S/C51H44N6O11S2/c1-27-19-22-38(55-50(60)53-32-13-7-6-8-14-32)30(4)46(27)52-33-20-21-35-41(24-33)68-42-26-40(44(70(65,66)67)25-37(42)45(35)36-16-10-12-18-43(36)69(62,63)64)54-47-28(2)23-29(3)48(31(47)5)57-51(61)56-39-17-11-9-15-34(39)49(58)59/h6-26,52H,1-5H3,(H,58,59)(H2,53,55,60)(H2,56,57,61)(H,62,63,64)(H,65,66,67)/b54-40-. The quantitative estimate of drug-likeness (QED) is 0.0444. The van der Waals surface area contributed by atoms with Gasteiger partial charge in [0, 0.05) is 57.0 Å². The van der Waals surface area contributed by atoms with Gasteiger partial charge in [-0.25, -0.2) is 19.4 Å². The van der Waals surface area contributed by atoms with E-state index in [4.69, 9.17) is 9.41 Å². The molecule has 0 saturated heterocycles. The number of aromatic carboxylic acids is 1. The summed E-state index contributed by atoms with van der Waals surface area (Å²) in [6.45, 7) is 8.80. The minimum atomic E-state index is -5.09. The number of carbonyl (C=O) groups excluding carboxylic acids is 2. The molecule has 356 valence electrons. The highest BCUT2D eigenvalue weighted by Crippen LogP contribution is 2.44. The van der Waals surface area contributed by atoms with Crippen molar-refractivity contribution in [1.82, 2.24) is 0 Å². The third kappa shape index (κ3) is 9.94. The summed E-state index contributed by atoms with van der Waals surface area (Å²) in [5, 5.41) is 24.0. The highest BCUT2D eigenvalue weighted by Gasteiger charge is 2.27. The number of para-hydroxylation sites is 2. The van der Waals surface area contributed by atoms with Crippen molar-refractivity contribution in [3.63, 3.8) is 0 Å². The Morgan fingerprint density at radius 2 is 1.21 bits per heavy atom. The van der Waals surface area contributed by atoms with Gasteiger partial charge in [-0.1, -0.05) is 60.7 Å². The molecule has 17 nitrogen and oxygen atoms in total. The van der Waals surface area contributed by atoms with Crippen molar-refractivity contribution in [1.29, 1.82) is 0 Å². The van der Waals surface area contributed by atoms with E-state index in [2.05, 4.69) is 26.6 Å². The number of rotatable bonds is 11. The zero-order valence-corrected chi connectivity index (χ0v) is 39.6. The summed E-state index contributed by atoms with van der Waals surface area (Å²) in [5.41, 5.74) is 6.12. The molecule has 1 aliphatic carbocycles. The van der Waals surface area contributed by atoms with Crippen LogP contribution in [0.3, 0.4) is 0 Å². The van der Waals surface area contributed by atoms with E-state index >= 15 is 0 Å². The Kier molecular flexibility index (Phi) is 13.0. The van der Waals surface area contributed by atoms with Crippen molar-refractivity contribution in [3.05, 3.63) is 166 Å².